The first-order valence-electron chi connectivity index (χ1n) is 29.5. The Kier molecular flexibility index (Phi) is 11.4. The highest BCUT2D eigenvalue weighted by atomic mass is 16.5. The number of amides is 4. The molecule has 2 heterocycles. The molecule has 4 unspecified atom stereocenters. The predicted molar refractivity (Wildman–Crippen MR) is 327 cm³/mol. The van der Waals surface area contributed by atoms with Crippen LogP contribution in [0.25, 0.3) is 0 Å². The maximum absolute atomic E-state index is 15.6. The average Bonchev–Trinajstić information content (AvgIpc) is 1.22. The van der Waals surface area contributed by atoms with Gasteiger partial charge in [0.2, 0.25) is 23.6 Å². The van der Waals surface area contributed by atoms with Crippen molar-refractivity contribution >= 4 is 35.0 Å². The number of nitrogens with zero attached hydrogens (tertiary/aromatic N) is 2. The number of rotatable bonds is 12. The first-order chi connectivity index (χ1) is 42.0. The van der Waals surface area contributed by atoms with Gasteiger partial charge in [0.1, 0.15) is 34.5 Å². The fraction of sp³-hybridized carbons (Fsp3) is 0.158. The van der Waals surface area contributed by atoms with Crippen molar-refractivity contribution in [2.75, 3.05) is 9.80 Å². The smallest absolute Gasteiger partial charge is 0.239 e. The van der Waals surface area contributed by atoms with Gasteiger partial charge in [0, 0.05) is 16.7 Å². The number of aromatic hydroxyl groups is 2. The topological polar surface area (TPSA) is 134 Å². The molecular weight excluding hydrogens is 1070 g/mol. The third-order valence-electron chi connectivity index (χ3n) is 20.0. The van der Waals surface area contributed by atoms with E-state index in [1.165, 1.54) is 20.9 Å². The van der Waals surface area contributed by atoms with E-state index in [0.29, 0.717) is 53.6 Å². The largest absolute Gasteiger partial charge is 0.508 e. The van der Waals surface area contributed by atoms with Crippen LogP contribution in [0.4, 0.5) is 11.4 Å². The number of phenolic OH excluding ortho intramolecular Hbond substituents is 2. The van der Waals surface area contributed by atoms with Gasteiger partial charge in [-0.05, 0) is 183 Å². The molecule has 0 saturated carbocycles. The summed E-state index contributed by atoms with van der Waals surface area (Å²) >= 11 is 0. The number of ether oxygens (including phenoxy) is 2. The summed E-state index contributed by atoms with van der Waals surface area (Å²) < 4.78 is 12.6. The Hall–Kier alpha value is -10.3. The molecule has 4 bridgehead atoms. The molecule has 2 fully saturated rings. The lowest BCUT2D eigenvalue weighted by Gasteiger charge is -2.60. The molecule has 0 aromatic heterocycles. The van der Waals surface area contributed by atoms with E-state index < -0.39 is 39.9 Å². The predicted octanol–water partition coefficient (Wildman–Crippen LogP) is 14.2. The molecule has 6 aliphatic carbocycles. The Morgan fingerprint density at radius 3 is 1.24 bits per heavy atom. The molecule has 8 aliphatic rings. The molecule has 10 aromatic rings. The molecule has 2 saturated heterocycles. The van der Waals surface area contributed by atoms with Crippen LogP contribution in [0, 0.1) is 23.7 Å². The van der Waals surface area contributed by atoms with Crippen molar-refractivity contribution in [1.82, 2.24) is 0 Å². The van der Waals surface area contributed by atoms with Gasteiger partial charge in [0.25, 0.3) is 0 Å². The summed E-state index contributed by atoms with van der Waals surface area (Å²) in [7, 11) is 0. The standard InChI is InChI=1S/C76H56N2O8/c1-2-74-59-13-5-3-11-57(59)65(58-12-4-6-14-60(58)74)66-67(74)71(82)77(70(66)81)49-27-39-55(40-28-49)85-53-35-21-45(22-36-53)43-46-23-37-54(38-24-46)86-56-41-29-50(30-42-56)78-72(83)68-69(73(78)84)76(48-25-33-52(80)34-26-48)63-17-9-7-15-61(63)75(68,62-16-8-10-18-64(62)76)44-47-19-31-51(79)32-20-47/h3-42,65-69,79-80H,2,43-44H2,1H3. The summed E-state index contributed by atoms with van der Waals surface area (Å²) in [6.45, 7) is 2.14. The number of carbonyl (C=O) groups is 4. The Balaban J connectivity index is 0.606. The Morgan fingerprint density at radius 2 is 0.767 bits per heavy atom. The lowest BCUT2D eigenvalue weighted by atomic mass is 9.39. The van der Waals surface area contributed by atoms with E-state index in [-0.39, 0.29) is 41.0 Å². The number of phenols is 2. The summed E-state index contributed by atoms with van der Waals surface area (Å²) in [4.78, 5) is 63.2. The summed E-state index contributed by atoms with van der Waals surface area (Å²) in [5.74, 6) is -0.991. The van der Waals surface area contributed by atoms with Crippen LogP contribution in [0.5, 0.6) is 34.5 Å². The van der Waals surface area contributed by atoms with E-state index in [1.807, 2.05) is 133 Å². The van der Waals surface area contributed by atoms with Crippen LogP contribution in [0.3, 0.4) is 0 Å². The SMILES string of the molecule is CCC12c3ccccc3C(c3ccccc31)C1C(=O)N(c3ccc(Oc4ccc(Cc5ccc(Oc6ccc(N7C(=O)C8C(C7=O)C7(c9ccc(O)cc9)c9ccccc9C8(Cc8ccc(O)cc8)c8ccccc87)cc6)cc5)cc4)cc3)C(=O)C12. The highest BCUT2D eigenvalue weighted by Gasteiger charge is 2.74. The number of anilines is 2. The summed E-state index contributed by atoms with van der Waals surface area (Å²) in [5.41, 5.74) is 10.8. The maximum Gasteiger partial charge on any atom is 0.239 e. The zero-order chi connectivity index (χ0) is 58.2. The zero-order valence-corrected chi connectivity index (χ0v) is 46.8. The van der Waals surface area contributed by atoms with Crippen LogP contribution in [-0.4, -0.2) is 33.8 Å². The van der Waals surface area contributed by atoms with Crippen molar-refractivity contribution in [2.24, 2.45) is 23.7 Å². The molecule has 2 N–H and O–H groups in total. The quantitative estimate of drug-likeness (QED) is 0.116. The monoisotopic (exact) mass is 1120 g/mol. The zero-order valence-electron chi connectivity index (χ0n) is 46.8. The number of imide groups is 2. The number of hydrogen-bond acceptors (Lipinski definition) is 8. The first-order valence-corrected chi connectivity index (χ1v) is 29.5. The summed E-state index contributed by atoms with van der Waals surface area (Å²) in [6, 6.07) is 77.5. The van der Waals surface area contributed by atoms with E-state index in [1.54, 1.807) is 60.7 Å². The molecule has 0 spiro atoms. The van der Waals surface area contributed by atoms with E-state index in [9.17, 15) is 19.8 Å². The van der Waals surface area contributed by atoms with Crippen molar-refractivity contribution in [3.63, 3.8) is 0 Å². The minimum absolute atomic E-state index is 0.105. The minimum Gasteiger partial charge on any atom is -0.508 e. The van der Waals surface area contributed by atoms with Crippen LogP contribution in [-0.2, 0) is 48.3 Å². The van der Waals surface area contributed by atoms with Gasteiger partial charge in [0.05, 0.1) is 40.5 Å². The van der Waals surface area contributed by atoms with Crippen molar-refractivity contribution in [1.29, 1.82) is 0 Å². The van der Waals surface area contributed by atoms with Crippen LogP contribution in [0.15, 0.2) is 243 Å². The number of carbonyl (C=O) groups excluding carboxylic acids is 4. The lowest BCUT2D eigenvalue weighted by molar-refractivity contribution is -0.124. The van der Waals surface area contributed by atoms with Crippen LogP contribution < -0.4 is 19.3 Å². The third kappa shape index (κ3) is 7.13. The van der Waals surface area contributed by atoms with Crippen LogP contribution >= 0.6 is 0 Å². The molecule has 18 rings (SSSR count). The van der Waals surface area contributed by atoms with Gasteiger partial charge in [-0.15, -0.1) is 0 Å². The van der Waals surface area contributed by atoms with Crippen molar-refractivity contribution in [3.8, 4) is 34.5 Å². The normalized spacial score (nSPS) is 24.2. The van der Waals surface area contributed by atoms with Crippen LogP contribution in [0.1, 0.15) is 86.0 Å². The highest BCUT2D eigenvalue weighted by molar-refractivity contribution is 6.25. The molecule has 86 heavy (non-hydrogen) atoms. The third-order valence-corrected chi connectivity index (χ3v) is 20.0. The summed E-state index contributed by atoms with van der Waals surface area (Å²) in [5, 5.41) is 20.9. The molecule has 10 heteroatoms. The summed E-state index contributed by atoms with van der Waals surface area (Å²) in [6.07, 6.45) is 1.79. The molecular formula is C76H56N2O8. The molecule has 0 radical (unpaired) electrons. The molecule has 10 nitrogen and oxygen atoms in total. The lowest BCUT2D eigenvalue weighted by Crippen LogP contribution is -2.62. The molecule has 10 aromatic carbocycles. The van der Waals surface area contributed by atoms with Gasteiger partial charge in [-0.2, -0.15) is 0 Å². The van der Waals surface area contributed by atoms with Gasteiger partial charge in [-0.1, -0.05) is 153 Å². The van der Waals surface area contributed by atoms with Gasteiger partial charge in [-0.25, -0.2) is 9.80 Å². The van der Waals surface area contributed by atoms with Gasteiger partial charge < -0.3 is 19.7 Å². The van der Waals surface area contributed by atoms with Gasteiger partial charge >= 0.3 is 0 Å². The molecule has 4 amide bonds. The van der Waals surface area contributed by atoms with Crippen LogP contribution in [0.2, 0.25) is 0 Å². The second-order valence-electron chi connectivity index (χ2n) is 23.9. The molecule has 418 valence electrons. The molecule has 2 aliphatic heterocycles. The fourth-order valence-electron chi connectivity index (χ4n) is 16.7. The number of hydrogen-bond donors (Lipinski definition) is 2. The highest BCUT2D eigenvalue weighted by Crippen LogP contribution is 2.70. The fourth-order valence-corrected chi connectivity index (χ4v) is 16.7. The first kappa shape index (κ1) is 51.3. The van der Waals surface area contributed by atoms with Crippen molar-refractivity contribution < 1.29 is 38.9 Å². The van der Waals surface area contributed by atoms with E-state index >= 15 is 9.59 Å². The number of benzene rings is 10. The van der Waals surface area contributed by atoms with Gasteiger partial charge in [-0.3, -0.25) is 19.2 Å². The maximum atomic E-state index is 15.6. The Bertz CT molecular complexity index is 4330. The van der Waals surface area contributed by atoms with E-state index in [0.717, 1.165) is 55.6 Å². The Labute approximate surface area is 497 Å². The second kappa shape index (κ2) is 19.1. The Morgan fingerprint density at radius 1 is 0.384 bits per heavy atom. The van der Waals surface area contributed by atoms with Gasteiger partial charge in [0.15, 0.2) is 0 Å². The van der Waals surface area contributed by atoms with Crippen molar-refractivity contribution in [3.05, 3.63) is 309 Å². The minimum atomic E-state index is -1.06. The van der Waals surface area contributed by atoms with E-state index in [2.05, 4.69) is 55.5 Å². The molecule has 4 atom stereocenters. The van der Waals surface area contributed by atoms with E-state index in [4.69, 9.17) is 9.47 Å². The van der Waals surface area contributed by atoms with Crippen molar-refractivity contribution in [2.45, 2.75) is 48.3 Å². The average molecular weight is 1130 g/mol. The second-order valence-corrected chi connectivity index (χ2v) is 23.9.